The number of benzene rings is 1. The molecule has 0 unspecified atom stereocenters. The van der Waals surface area contributed by atoms with Crippen molar-refractivity contribution in [2.24, 2.45) is 0 Å². The predicted molar refractivity (Wildman–Crippen MR) is 100.0 cm³/mol. The zero-order valence-corrected chi connectivity index (χ0v) is 15.6. The summed E-state index contributed by atoms with van der Waals surface area (Å²) in [7, 11) is 1.62. The molecule has 0 spiro atoms. The second-order valence-electron chi connectivity index (χ2n) is 7.11. The maximum absolute atomic E-state index is 12.9. The second kappa shape index (κ2) is 7.46. The van der Waals surface area contributed by atoms with Gasteiger partial charge in [-0.2, -0.15) is 0 Å². The van der Waals surface area contributed by atoms with Crippen molar-refractivity contribution in [1.29, 1.82) is 0 Å². The third kappa shape index (κ3) is 3.73. The topological polar surface area (TPSA) is 62.7 Å². The van der Waals surface area contributed by atoms with E-state index in [2.05, 4.69) is 4.98 Å². The normalized spacial score (nSPS) is 19.2. The summed E-state index contributed by atoms with van der Waals surface area (Å²) in [6.45, 7) is 4.39. The van der Waals surface area contributed by atoms with Gasteiger partial charge in [-0.1, -0.05) is 18.2 Å². The van der Waals surface area contributed by atoms with Gasteiger partial charge in [-0.25, -0.2) is 0 Å². The number of likely N-dealkylation sites (tertiary alicyclic amines) is 1. The maximum atomic E-state index is 12.9. The van der Waals surface area contributed by atoms with Crippen LogP contribution >= 0.6 is 0 Å². The molecule has 1 N–H and O–H groups in total. The summed E-state index contributed by atoms with van der Waals surface area (Å²) < 4.78 is 5.19. The summed E-state index contributed by atoms with van der Waals surface area (Å²) in [5, 5.41) is 11.2. The Kier molecular flexibility index (Phi) is 5.28. The number of ether oxygens (including phenoxy) is 1. The number of carbonyl (C=O) groups excluding carboxylic acids is 1. The van der Waals surface area contributed by atoms with E-state index in [9.17, 15) is 9.90 Å². The molecule has 1 fully saturated rings. The molecule has 1 saturated heterocycles. The Morgan fingerprint density at radius 1 is 1.31 bits per heavy atom. The lowest BCUT2D eigenvalue weighted by molar-refractivity contribution is -0.137. The second-order valence-corrected chi connectivity index (χ2v) is 7.11. The fourth-order valence-electron chi connectivity index (χ4n) is 3.65. The summed E-state index contributed by atoms with van der Waals surface area (Å²) in [5.41, 5.74) is 1.52. The number of nitrogens with zero attached hydrogens (tertiary/aromatic N) is 2. The Balaban J connectivity index is 1.77. The van der Waals surface area contributed by atoms with Gasteiger partial charge >= 0.3 is 0 Å². The molecule has 26 heavy (non-hydrogen) atoms. The van der Waals surface area contributed by atoms with Gasteiger partial charge in [-0.3, -0.25) is 9.78 Å². The molecule has 3 rings (SSSR count). The van der Waals surface area contributed by atoms with Crippen molar-refractivity contribution < 1.29 is 14.6 Å². The first kappa shape index (κ1) is 18.4. The van der Waals surface area contributed by atoms with Crippen LogP contribution in [0.25, 0.3) is 0 Å². The van der Waals surface area contributed by atoms with Crippen LogP contribution in [0.3, 0.4) is 0 Å². The van der Waals surface area contributed by atoms with Crippen LogP contribution in [-0.2, 0) is 16.8 Å². The van der Waals surface area contributed by atoms with E-state index in [-0.39, 0.29) is 11.9 Å². The number of methoxy groups -OCH3 is 1. The van der Waals surface area contributed by atoms with Crippen molar-refractivity contribution in [2.75, 3.05) is 13.7 Å². The van der Waals surface area contributed by atoms with Gasteiger partial charge in [-0.05, 0) is 56.0 Å². The molecule has 0 radical (unpaired) electrons. The van der Waals surface area contributed by atoms with Crippen molar-refractivity contribution in [3.63, 3.8) is 0 Å². The molecule has 1 amide bonds. The monoisotopic (exact) mass is 354 g/mol. The van der Waals surface area contributed by atoms with Crippen LogP contribution in [0.2, 0.25) is 0 Å². The Morgan fingerprint density at radius 2 is 2.04 bits per heavy atom. The van der Waals surface area contributed by atoms with E-state index in [4.69, 9.17) is 4.74 Å². The smallest absolute Gasteiger partial charge is 0.227 e. The van der Waals surface area contributed by atoms with Crippen molar-refractivity contribution in [3.8, 4) is 5.75 Å². The average Bonchev–Trinajstić information content (AvgIpc) is 3.14. The first-order valence-corrected chi connectivity index (χ1v) is 8.99. The Hall–Kier alpha value is -2.40. The number of aromatic nitrogens is 1. The van der Waals surface area contributed by atoms with Crippen LogP contribution in [0.1, 0.15) is 36.6 Å². The molecule has 1 aliphatic rings. The van der Waals surface area contributed by atoms with Crippen LogP contribution in [0.5, 0.6) is 5.75 Å². The summed E-state index contributed by atoms with van der Waals surface area (Å²) >= 11 is 0. The SMILES string of the molecule is COc1ccc([C@](C)(O)[C@H]2CCCN2C(=O)Cc2ccc(C)nc2)cc1. The summed E-state index contributed by atoms with van der Waals surface area (Å²) in [6.07, 6.45) is 3.74. The number of amides is 1. The zero-order chi connectivity index (χ0) is 18.7. The first-order valence-electron chi connectivity index (χ1n) is 8.99. The molecule has 138 valence electrons. The predicted octanol–water partition coefficient (Wildman–Crippen LogP) is 2.84. The molecule has 2 heterocycles. The quantitative estimate of drug-likeness (QED) is 0.897. The first-order chi connectivity index (χ1) is 12.4. The number of hydrogen-bond donors (Lipinski definition) is 1. The molecule has 1 aliphatic heterocycles. The van der Waals surface area contributed by atoms with E-state index in [1.54, 1.807) is 20.2 Å². The van der Waals surface area contributed by atoms with Gasteiger partial charge in [0.15, 0.2) is 0 Å². The number of carbonyl (C=O) groups is 1. The van der Waals surface area contributed by atoms with Gasteiger partial charge in [-0.15, -0.1) is 0 Å². The van der Waals surface area contributed by atoms with E-state index in [0.29, 0.717) is 13.0 Å². The molecule has 5 heteroatoms. The van der Waals surface area contributed by atoms with Crippen LogP contribution in [-0.4, -0.2) is 40.6 Å². The standard InChI is InChI=1S/C21H26N2O3/c1-15-6-7-16(14-22-15)13-20(24)23-12-4-5-19(23)21(2,25)17-8-10-18(26-3)11-9-17/h6-11,14,19,25H,4-5,12-13H2,1-3H3/t19-,21+/m1/s1. The van der Waals surface area contributed by atoms with Crippen molar-refractivity contribution >= 4 is 5.91 Å². The lowest BCUT2D eigenvalue weighted by Crippen LogP contribution is -2.48. The Bertz CT molecular complexity index is 754. The molecule has 0 saturated carbocycles. The summed E-state index contributed by atoms with van der Waals surface area (Å²) in [5.74, 6) is 0.780. The molecule has 0 bridgehead atoms. The number of aliphatic hydroxyl groups is 1. The molecule has 2 aromatic rings. The Morgan fingerprint density at radius 3 is 2.65 bits per heavy atom. The Labute approximate surface area is 154 Å². The van der Waals surface area contributed by atoms with E-state index in [0.717, 1.165) is 35.4 Å². The minimum absolute atomic E-state index is 0.0342. The summed E-state index contributed by atoms with van der Waals surface area (Å²) in [6, 6.07) is 11.0. The average molecular weight is 354 g/mol. The minimum Gasteiger partial charge on any atom is -0.497 e. The van der Waals surface area contributed by atoms with E-state index in [1.165, 1.54) is 0 Å². The lowest BCUT2D eigenvalue weighted by Gasteiger charge is -2.37. The highest BCUT2D eigenvalue weighted by atomic mass is 16.5. The van der Waals surface area contributed by atoms with Gasteiger partial charge in [0, 0.05) is 18.4 Å². The molecular weight excluding hydrogens is 328 g/mol. The number of pyridine rings is 1. The highest BCUT2D eigenvalue weighted by Crippen LogP contribution is 2.35. The third-order valence-corrected chi connectivity index (χ3v) is 5.22. The van der Waals surface area contributed by atoms with Gasteiger partial charge in [0.2, 0.25) is 5.91 Å². The largest absolute Gasteiger partial charge is 0.497 e. The van der Waals surface area contributed by atoms with Gasteiger partial charge < -0.3 is 14.7 Å². The highest BCUT2D eigenvalue weighted by Gasteiger charge is 2.42. The van der Waals surface area contributed by atoms with E-state index in [1.807, 2.05) is 48.2 Å². The van der Waals surface area contributed by atoms with Crippen LogP contribution in [0, 0.1) is 6.92 Å². The van der Waals surface area contributed by atoms with Crippen molar-refractivity contribution in [2.45, 2.75) is 44.8 Å². The molecule has 0 aliphatic carbocycles. The fraction of sp³-hybridized carbons (Fsp3) is 0.429. The van der Waals surface area contributed by atoms with Gasteiger partial charge in [0.25, 0.3) is 0 Å². The molecule has 1 aromatic carbocycles. The third-order valence-electron chi connectivity index (χ3n) is 5.22. The van der Waals surface area contributed by atoms with Crippen LogP contribution in [0.4, 0.5) is 0 Å². The molecule has 5 nitrogen and oxygen atoms in total. The maximum Gasteiger partial charge on any atom is 0.227 e. The molecule has 2 atom stereocenters. The fourth-order valence-corrected chi connectivity index (χ4v) is 3.65. The van der Waals surface area contributed by atoms with E-state index >= 15 is 0 Å². The lowest BCUT2D eigenvalue weighted by atomic mass is 9.86. The van der Waals surface area contributed by atoms with Gasteiger partial charge in [0.1, 0.15) is 11.4 Å². The number of hydrogen-bond acceptors (Lipinski definition) is 4. The van der Waals surface area contributed by atoms with Crippen molar-refractivity contribution in [1.82, 2.24) is 9.88 Å². The zero-order valence-electron chi connectivity index (χ0n) is 15.6. The number of rotatable bonds is 5. The molecular formula is C21H26N2O3. The van der Waals surface area contributed by atoms with Gasteiger partial charge in [0.05, 0.1) is 19.6 Å². The minimum atomic E-state index is -1.11. The number of aryl methyl sites for hydroxylation is 1. The van der Waals surface area contributed by atoms with Crippen molar-refractivity contribution in [3.05, 3.63) is 59.4 Å². The van der Waals surface area contributed by atoms with Crippen LogP contribution < -0.4 is 4.74 Å². The van der Waals surface area contributed by atoms with E-state index < -0.39 is 5.60 Å². The van der Waals surface area contributed by atoms with Crippen LogP contribution in [0.15, 0.2) is 42.6 Å². The molecule has 1 aromatic heterocycles. The highest BCUT2D eigenvalue weighted by molar-refractivity contribution is 5.79. The summed E-state index contributed by atoms with van der Waals surface area (Å²) in [4.78, 5) is 18.9.